The van der Waals surface area contributed by atoms with Crippen LogP contribution in [0.4, 0.5) is 0 Å². The highest BCUT2D eigenvalue weighted by atomic mass is 32.2. The van der Waals surface area contributed by atoms with Crippen LogP contribution in [0.25, 0.3) is 0 Å². The lowest BCUT2D eigenvalue weighted by Gasteiger charge is -2.31. The van der Waals surface area contributed by atoms with Crippen LogP contribution in [0.15, 0.2) is 0 Å². The standard InChI is InChI=1S/C9H14N2O2S/c10-7-9(11-8-1-2-8)3-5-14(12,13)6-4-9/h8,11H,1-6H2. The van der Waals surface area contributed by atoms with Gasteiger partial charge in [-0.15, -0.1) is 0 Å². The van der Waals surface area contributed by atoms with Gasteiger partial charge in [0.25, 0.3) is 0 Å². The second-order valence-electron chi connectivity index (χ2n) is 4.26. The molecule has 0 spiro atoms. The number of nitrogens with one attached hydrogen (secondary N) is 1. The Labute approximate surface area is 84.2 Å². The molecular formula is C9H14N2O2S. The van der Waals surface area contributed by atoms with Crippen molar-refractivity contribution in [1.82, 2.24) is 5.32 Å². The molecule has 14 heavy (non-hydrogen) atoms. The number of nitriles is 1. The van der Waals surface area contributed by atoms with Crippen molar-refractivity contribution in [3.05, 3.63) is 0 Å². The minimum absolute atomic E-state index is 0.153. The molecule has 5 heteroatoms. The normalized spacial score (nSPS) is 29.4. The van der Waals surface area contributed by atoms with Crippen LogP contribution in [0.3, 0.4) is 0 Å². The number of hydrogen-bond acceptors (Lipinski definition) is 4. The van der Waals surface area contributed by atoms with E-state index >= 15 is 0 Å². The van der Waals surface area contributed by atoms with Gasteiger partial charge in [0.1, 0.15) is 5.54 Å². The topological polar surface area (TPSA) is 70.0 Å². The molecule has 1 saturated carbocycles. The zero-order chi connectivity index (χ0) is 10.2. The first kappa shape index (κ1) is 9.94. The molecule has 0 bridgehead atoms. The molecule has 1 aliphatic carbocycles. The van der Waals surface area contributed by atoms with Crippen molar-refractivity contribution in [1.29, 1.82) is 5.26 Å². The predicted molar refractivity (Wildman–Crippen MR) is 52.4 cm³/mol. The van der Waals surface area contributed by atoms with Crippen molar-refractivity contribution in [3.8, 4) is 6.07 Å². The van der Waals surface area contributed by atoms with Gasteiger partial charge in [0.2, 0.25) is 0 Å². The Kier molecular flexibility index (Phi) is 2.28. The van der Waals surface area contributed by atoms with Gasteiger partial charge in [-0.05, 0) is 25.7 Å². The van der Waals surface area contributed by atoms with Crippen molar-refractivity contribution in [2.24, 2.45) is 0 Å². The maximum absolute atomic E-state index is 11.2. The number of rotatable bonds is 2. The quantitative estimate of drug-likeness (QED) is 0.713. The molecule has 2 rings (SSSR count). The molecule has 0 amide bonds. The van der Waals surface area contributed by atoms with Crippen LogP contribution >= 0.6 is 0 Å². The van der Waals surface area contributed by atoms with Crippen LogP contribution in [0.2, 0.25) is 0 Å². The molecule has 4 nitrogen and oxygen atoms in total. The zero-order valence-electron chi connectivity index (χ0n) is 7.99. The molecule has 1 saturated heterocycles. The fraction of sp³-hybridized carbons (Fsp3) is 0.889. The summed E-state index contributed by atoms with van der Waals surface area (Å²) in [7, 11) is -2.87. The fourth-order valence-corrected chi connectivity index (χ4v) is 3.32. The first-order valence-electron chi connectivity index (χ1n) is 4.95. The molecule has 0 unspecified atom stereocenters. The average molecular weight is 214 g/mol. The van der Waals surface area contributed by atoms with Crippen molar-refractivity contribution >= 4 is 9.84 Å². The summed E-state index contributed by atoms with van der Waals surface area (Å²) in [6, 6.07) is 2.71. The van der Waals surface area contributed by atoms with E-state index < -0.39 is 15.4 Å². The van der Waals surface area contributed by atoms with Gasteiger partial charge in [0.05, 0.1) is 17.6 Å². The molecule has 1 aliphatic heterocycles. The number of hydrogen-bond donors (Lipinski definition) is 1. The molecule has 0 atom stereocenters. The molecular weight excluding hydrogens is 200 g/mol. The van der Waals surface area contributed by atoms with Gasteiger partial charge in [-0.3, -0.25) is 5.32 Å². The van der Waals surface area contributed by atoms with E-state index in [-0.39, 0.29) is 11.5 Å². The molecule has 0 radical (unpaired) electrons. The monoisotopic (exact) mass is 214 g/mol. The largest absolute Gasteiger partial charge is 0.297 e. The van der Waals surface area contributed by atoms with Crippen LogP contribution in [0.1, 0.15) is 25.7 Å². The first-order chi connectivity index (χ1) is 6.55. The maximum Gasteiger partial charge on any atom is 0.150 e. The van der Waals surface area contributed by atoms with Crippen LogP contribution < -0.4 is 5.32 Å². The van der Waals surface area contributed by atoms with E-state index in [9.17, 15) is 8.42 Å². The van der Waals surface area contributed by atoms with Gasteiger partial charge in [-0.2, -0.15) is 5.26 Å². The van der Waals surface area contributed by atoms with E-state index in [1.165, 1.54) is 0 Å². The van der Waals surface area contributed by atoms with Gasteiger partial charge in [0, 0.05) is 6.04 Å². The average Bonchev–Trinajstić information content (AvgIpc) is 2.93. The summed E-state index contributed by atoms with van der Waals surface area (Å²) in [5.74, 6) is 0.306. The Hall–Kier alpha value is -0.600. The molecule has 0 aromatic carbocycles. The molecule has 78 valence electrons. The van der Waals surface area contributed by atoms with Crippen LogP contribution in [-0.2, 0) is 9.84 Å². The predicted octanol–water partition coefficient (Wildman–Crippen LogP) is 0.209. The smallest absolute Gasteiger partial charge is 0.150 e. The fourth-order valence-electron chi connectivity index (χ4n) is 1.79. The summed E-state index contributed by atoms with van der Waals surface area (Å²) in [6.07, 6.45) is 3.14. The minimum atomic E-state index is -2.87. The highest BCUT2D eigenvalue weighted by molar-refractivity contribution is 7.91. The minimum Gasteiger partial charge on any atom is -0.297 e. The Morgan fingerprint density at radius 1 is 1.29 bits per heavy atom. The lowest BCUT2D eigenvalue weighted by Crippen LogP contribution is -2.50. The highest BCUT2D eigenvalue weighted by Gasteiger charge is 2.40. The molecule has 0 aromatic heterocycles. The highest BCUT2D eigenvalue weighted by Crippen LogP contribution is 2.29. The van der Waals surface area contributed by atoms with E-state index in [2.05, 4.69) is 11.4 Å². The second-order valence-corrected chi connectivity index (χ2v) is 6.57. The molecule has 2 aliphatic rings. The first-order valence-corrected chi connectivity index (χ1v) is 6.77. The van der Waals surface area contributed by atoms with E-state index in [1.54, 1.807) is 0 Å². The lowest BCUT2D eigenvalue weighted by atomic mass is 9.94. The van der Waals surface area contributed by atoms with E-state index in [0.29, 0.717) is 18.9 Å². The van der Waals surface area contributed by atoms with E-state index in [4.69, 9.17) is 5.26 Å². The lowest BCUT2D eigenvalue weighted by molar-refractivity contribution is 0.372. The summed E-state index contributed by atoms with van der Waals surface area (Å²) in [5.41, 5.74) is -0.563. The van der Waals surface area contributed by atoms with E-state index in [0.717, 1.165) is 12.8 Å². The number of nitrogens with zero attached hydrogens (tertiary/aromatic N) is 1. The van der Waals surface area contributed by atoms with Crippen molar-refractivity contribution in [2.75, 3.05) is 11.5 Å². The van der Waals surface area contributed by atoms with Crippen molar-refractivity contribution in [2.45, 2.75) is 37.3 Å². The summed E-state index contributed by atoms with van der Waals surface area (Å²) in [6.45, 7) is 0. The Morgan fingerprint density at radius 2 is 1.86 bits per heavy atom. The summed E-state index contributed by atoms with van der Waals surface area (Å²) in [4.78, 5) is 0. The summed E-state index contributed by atoms with van der Waals surface area (Å²) in [5, 5.41) is 12.3. The Morgan fingerprint density at radius 3 is 2.29 bits per heavy atom. The van der Waals surface area contributed by atoms with Gasteiger partial charge in [0.15, 0.2) is 9.84 Å². The second kappa shape index (κ2) is 3.21. The zero-order valence-corrected chi connectivity index (χ0v) is 8.81. The van der Waals surface area contributed by atoms with Crippen molar-refractivity contribution in [3.63, 3.8) is 0 Å². The van der Waals surface area contributed by atoms with Crippen LogP contribution in [0.5, 0.6) is 0 Å². The van der Waals surface area contributed by atoms with Crippen LogP contribution in [0, 0.1) is 11.3 Å². The SMILES string of the molecule is N#CC1(NC2CC2)CCS(=O)(=O)CC1. The molecule has 0 aromatic rings. The Bertz CT molecular complexity index is 351. The third kappa shape index (κ3) is 2.07. The number of sulfone groups is 1. The Balaban J connectivity index is 2.04. The molecule has 2 fully saturated rings. The van der Waals surface area contributed by atoms with Gasteiger partial charge in [-0.25, -0.2) is 8.42 Å². The molecule has 1 N–H and O–H groups in total. The maximum atomic E-state index is 11.2. The third-order valence-electron chi connectivity index (χ3n) is 2.95. The van der Waals surface area contributed by atoms with Crippen molar-refractivity contribution < 1.29 is 8.42 Å². The van der Waals surface area contributed by atoms with Gasteiger partial charge < -0.3 is 0 Å². The van der Waals surface area contributed by atoms with E-state index in [1.807, 2.05) is 0 Å². The van der Waals surface area contributed by atoms with Gasteiger partial charge >= 0.3 is 0 Å². The molecule has 1 heterocycles. The summed E-state index contributed by atoms with van der Waals surface area (Å²) < 4.78 is 22.4. The third-order valence-corrected chi connectivity index (χ3v) is 4.60. The summed E-state index contributed by atoms with van der Waals surface area (Å²) >= 11 is 0. The van der Waals surface area contributed by atoms with Gasteiger partial charge in [-0.1, -0.05) is 0 Å². The van der Waals surface area contributed by atoms with Crippen LogP contribution in [-0.4, -0.2) is 31.5 Å².